The van der Waals surface area contributed by atoms with Gasteiger partial charge in [0.15, 0.2) is 0 Å². The van der Waals surface area contributed by atoms with E-state index < -0.39 is 0 Å². The summed E-state index contributed by atoms with van der Waals surface area (Å²) in [4.78, 5) is 18.4. The van der Waals surface area contributed by atoms with Crippen molar-refractivity contribution in [2.75, 3.05) is 26.2 Å². The summed E-state index contributed by atoms with van der Waals surface area (Å²) in [5.74, 6) is 3.11. The first-order valence-corrected chi connectivity index (χ1v) is 9.32. The van der Waals surface area contributed by atoms with Gasteiger partial charge >= 0.3 is 0 Å². The molecule has 24 heavy (non-hydrogen) atoms. The first-order valence-electron chi connectivity index (χ1n) is 8.94. The molecule has 0 radical (unpaired) electrons. The fourth-order valence-corrected chi connectivity index (χ4v) is 5.55. The van der Waals surface area contributed by atoms with Gasteiger partial charge in [-0.1, -0.05) is 11.6 Å². The number of hydrogen-bond donors (Lipinski definition) is 2. The number of halogens is 1. The van der Waals surface area contributed by atoms with Gasteiger partial charge in [-0.3, -0.25) is 4.79 Å². The van der Waals surface area contributed by atoms with Crippen molar-refractivity contribution in [2.24, 2.45) is 23.7 Å². The van der Waals surface area contributed by atoms with Gasteiger partial charge < -0.3 is 15.2 Å². The molecule has 4 nitrogen and oxygen atoms in total. The number of fused-ring (bicyclic) bond motifs is 1. The fraction of sp³-hybridized carbons (Fsp3) is 0.526. The normalized spacial score (nSPS) is 34.0. The summed E-state index contributed by atoms with van der Waals surface area (Å²) in [5.41, 5.74) is 1.58. The number of nitrogens with one attached hydrogen (secondary N) is 2. The molecule has 2 N–H and O–H groups in total. The molecule has 4 aliphatic rings. The lowest BCUT2D eigenvalue weighted by Crippen LogP contribution is -2.59. The van der Waals surface area contributed by atoms with Crippen molar-refractivity contribution in [1.82, 2.24) is 15.2 Å². The summed E-state index contributed by atoms with van der Waals surface area (Å²) in [5, 5.41) is 4.85. The first kappa shape index (κ1) is 14.8. The number of nitrogens with zero attached hydrogens (tertiary/aromatic N) is 1. The van der Waals surface area contributed by atoms with Crippen LogP contribution in [0.1, 0.15) is 23.3 Å². The van der Waals surface area contributed by atoms with E-state index >= 15 is 0 Å². The standard InChI is InChI=1S/C19H22ClN3O/c20-15-1-2-17-12(5-15)6-18(22-17)19(24)21-7-16-13-3-11-4-14(16)10-23(8-11)9-13/h1-2,5-6,11,13-14,16,22H,3-4,7-10H2,(H,21,24). The van der Waals surface area contributed by atoms with Crippen LogP contribution in [0.4, 0.5) is 0 Å². The van der Waals surface area contributed by atoms with E-state index in [-0.39, 0.29) is 5.91 Å². The van der Waals surface area contributed by atoms with E-state index in [0.717, 1.165) is 35.2 Å². The van der Waals surface area contributed by atoms with E-state index in [1.54, 1.807) is 0 Å². The van der Waals surface area contributed by atoms with E-state index in [9.17, 15) is 4.79 Å². The minimum Gasteiger partial charge on any atom is -0.351 e. The van der Waals surface area contributed by atoms with Crippen molar-refractivity contribution in [3.8, 4) is 0 Å². The van der Waals surface area contributed by atoms with Crippen molar-refractivity contribution in [3.05, 3.63) is 35.0 Å². The lowest BCUT2D eigenvalue weighted by atomic mass is 9.62. The molecular formula is C19H22ClN3O. The number of hydrogen-bond acceptors (Lipinski definition) is 2. The van der Waals surface area contributed by atoms with Crippen molar-refractivity contribution >= 4 is 28.4 Å². The van der Waals surface area contributed by atoms with Crippen LogP contribution in [0, 0.1) is 23.7 Å². The van der Waals surface area contributed by atoms with Crippen molar-refractivity contribution in [3.63, 3.8) is 0 Å². The zero-order valence-electron chi connectivity index (χ0n) is 13.6. The summed E-state index contributed by atoms with van der Waals surface area (Å²) >= 11 is 6.02. The smallest absolute Gasteiger partial charge is 0.267 e. The molecule has 0 spiro atoms. The molecule has 1 saturated carbocycles. The molecule has 126 valence electrons. The predicted octanol–water partition coefficient (Wildman–Crippen LogP) is 3.14. The topological polar surface area (TPSA) is 48.1 Å². The Morgan fingerprint density at radius 1 is 1.21 bits per heavy atom. The molecule has 1 aliphatic carbocycles. The Balaban J connectivity index is 1.28. The van der Waals surface area contributed by atoms with Gasteiger partial charge in [0.1, 0.15) is 5.69 Å². The maximum Gasteiger partial charge on any atom is 0.267 e. The maximum atomic E-state index is 12.5. The van der Waals surface area contributed by atoms with Crippen LogP contribution < -0.4 is 5.32 Å². The summed E-state index contributed by atoms with van der Waals surface area (Å²) in [7, 11) is 0. The average Bonchev–Trinajstić information content (AvgIpc) is 2.96. The molecule has 2 unspecified atom stereocenters. The number of H-pyrrole nitrogens is 1. The molecule has 1 aromatic carbocycles. The van der Waals surface area contributed by atoms with Crippen LogP contribution in [-0.4, -0.2) is 42.0 Å². The van der Waals surface area contributed by atoms with Gasteiger partial charge in [0.05, 0.1) is 0 Å². The van der Waals surface area contributed by atoms with E-state index in [2.05, 4.69) is 15.2 Å². The largest absolute Gasteiger partial charge is 0.351 e. The van der Waals surface area contributed by atoms with Gasteiger partial charge in [-0.25, -0.2) is 0 Å². The number of aromatic amines is 1. The van der Waals surface area contributed by atoms with E-state index in [1.807, 2.05) is 24.3 Å². The van der Waals surface area contributed by atoms with E-state index in [0.29, 0.717) is 16.6 Å². The predicted molar refractivity (Wildman–Crippen MR) is 95.3 cm³/mol. The Morgan fingerprint density at radius 2 is 2.00 bits per heavy atom. The average molecular weight is 344 g/mol. The van der Waals surface area contributed by atoms with Crippen LogP contribution in [0.15, 0.2) is 24.3 Å². The van der Waals surface area contributed by atoms with Gasteiger partial charge in [0.25, 0.3) is 5.91 Å². The molecular weight excluding hydrogens is 322 g/mol. The summed E-state index contributed by atoms with van der Waals surface area (Å²) in [6.07, 6.45) is 2.72. The molecule has 3 saturated heterocycles. The highest BCUT2D eigenvalue weighted by molar-refractivity contribution is 6.31. The van der Waals surface area contributed by atoms with Crippen molar-refractivity contribution < 1.29 is 4.79 Å². The number of carbonyl (C=O) groups is 1. The Hall–Kier alpha value is -1.52. The van der Waals surface area contributed by atoms with Crippen LogP contribution in [-0.2, 0) is 0 Å². The third-order valence-corrected chi connectivity index (χ3v) is 6.55. The number of amides is 1. The second kappa shape index (κ2) is 5.50. The lowest BCUT2D eigenvalue weighted by Gasteiger charge is -2.56. The number of piperidine rings is 3. The van der Waals surface area contributed by atoms with Crippen LogP contribution in [0.25, 0.3) is 10.9 Å². The van der Waals surface area contributed by atoms with Gasteiger partial charge in [0, 0.05) is 42.1 Å². The summed E-state index contributed by atoms with van der Waals surface area (Å²) in [6.45, 7) is 4.59. The Labute approximate surface area is 146 Å². The number of benzene rings is 1. The monoisotopic (exact) mass is 343 g/mol. The molecule has 4 heterocycles. The Kier molecular flexibility index (Phi) is 3.39. The highest BCUT2D eigenvalue weighted by Gasteiger charge is 2.47. The Bertz CT molecular complexity index is 771. The molecule has 5 heteroatoms. The zero-order chi connectivity index (χ0) is 16.3. The van der Waals surface area contributed by atoms with Gasteiger partial charge in [-0.2, -0.15) is 0 Å². The van der Waals surface area contributed by atoms with Crippen molar-refractivity contribution in [1.29, 1.82) is 0 Å². The summed E-state index contributed by atoms with van der Waals surface area (Å²) < 4.78 is 0. The van der Waals surface area contributed by atoms with Crippen LogP contribution in [0.3, 0.4) is 0 Å². The summed E-state index contributed by atoms with van der Waals surface area (Å²) in [6, 6.07) is 7.53. The molecule has 6 rings (SSSR count). The zero-order valence-corrected chi connectivity index (χ0v) is 14.4. The molecule has 1 aromatic heterocycles. The molecule has 1 amide bonds. The first-order chi connectivity index (χ1) is 11.7. The van der Waals surface area contributed by atoms with Crippen LogP contribution in [0.2, 0.25) is 5.02 Å². The quantitative estimate of drug-likeness (QED) is 0.899. The lowest BCUT2D eigenvalue weighted by molar-refractivity contribution is -0.0624. The minimum atomic E-state index is -0.00330. The van der Waals surface area contributed by atoms with Crippen LogP contribution >= 0.6 is 11.6 Å². The van der Waals surface area contributed by atoms with Gasteiger partial charge in [0.2, 0.25) is 0 Å². The maximum absolute atomic E-state index is 12.5. The van der Waals surface area contributed by atoms with Crippen LogP contribution in [0.5, 0.6) is 0 Å². The highest BCUT2D eigenvalue weighted by Crippen LogP contribution is 2.46. The van der Waals surface area contributed by atoms with E-state index in [1.165, 1.54) is 32.5 Å². The molecule has 4 bridgehead atoms. The van der Waals surface area contributed by atoms with E-state index in [4.69, 9.17) is 11.6 Å². The minimum absolute atomic E-state index is 0.00330. The molecule has 2 atom stereocenters. The fourth-order valence-electron chi connectivity index (χ4n) is 5.37. The van der Waals surface area contributed by atoms with Gasteiger partial charge in [-0.15, -0.1) is 0 Å². The second-order valence-corrected chi connectivity index (χ2v) is 8.30. The Morgan fingerprint density at radius 3 is 2.75 bits per heavy atom. The second-order valence-electron chi connectivity index (χ2n) is 7.86. The SMILES string of the molecule is O=C(NCC1C2CC3CC1CN(C3)C2)c1cc2cc(Cl)ccc2[nH]1. The van der Waals surface area contributed by atoms with Gasteiger partial charge in [-0.05, 0) is 60.8 Å². The third kappa shape index (κ3) is 2.44. The molecule has 2 aromatic rings. The molecule has 3 aliphatic heterocycles. The highest BCUT2D eigenvalue weighted by atomic mass is 35.5. The third-order valence-electron chi connectivity index (χ3n) is 6.31. The number of aromatic nitrogens is 1. The molecule has 4 fully saturated rings. The number of rotatable bonds is 3. The number of carbonyl (C=O) groups excluding carboxylic acids is 1. The van der Waals surface area contributed by atoms with Crippen molar-refractivity contribution in [2.45, 2.75) is 12.8 Å².